The van der Waals surface area contributed by atoms with Gasteiger partial charge in [-0.2, -0.15) is 8.42 Å². The number of hydrogen-bond donors (Lipinski definition) is 3. The summed E-state index contributed by atoms with van der Waals surface area (Å²) < 4.78 is 33.8. The van der Waals surface area contributed by atoms with Crippen LogP contribution in [0.25, 0.3) is 0 Å². The highest BCUT2D eigenvalue weighted by atomic mass is 35.5. The highest BCUT2D eigenvalue weighted by Gasteiger charge is 2.52. The largest absolute Gasteiger partial charge is 0.506 e. The predicted octanol–water partition coefficient (Wildman–Crippen LogP) is 5.89. The van der Waals surface area contributed by atoms with Gasteiger partial charge in [0.2, 0.25) is 0 Å². The average molecular weight is 494 g/mol. The van der Waals surface area contributed by atoms with Gasteiger partial charge in [0.05, 0.1) is 15.1 Å². The minimum atomic E-state index is -5.13. The Bertz CT molecular complexity index is 1200. The van der Waals surface area contributed by atoms with Gasteiger partial charge in [-0.3, -0.25) is 4.55 Å². The molecule has 0 aliphatic rings. The van der Waals surface area contributed by atoms with Crippen molar-refractivity contribution < 1.29 is 23.2 Å². The molecule has 0 bridgehead atoms. The molecule has 0 heterocycles. The summed E-state index contributed by atoms with van der Waals surface area (Å²) in [6.45, 7) is 0. The second-order valence-electron chi connectivity index (χ2n) is 6.04. The molecule has 3 aromatic rings. The van der Waals surface area contributed by atoms with Crippen LogP contribution in [0.15, 0.2) is 54.6 Å². The summed E-state index contributed by atoms with van der Waals surface area (Å²) in [7, 11) is -5.13. The summed E-state index contributed by atoms with van der Waals surface area (Å²) in [6.07, 6.45) is 0. The van der Waals surface area contributed by atoms with Gasteiger partial charge in [0, 0.05) is 11.1 Å². The molecule has 0 aromatic heterocycles. The van der Waals surface area contributed by atoms with Crippen LogP contribution in [0.5, 0.6) is 11.5 Å². The number of rotatable bonds is 4. The Hall–Kier alpha value is -1.67. The number of hydrogen-bond acceptors (Lipinski definition) is 4. The van der Waals surface area contributed by atoms with Gasteiger partial charge in [0.1, 0.15) is 16.5 Å². The maximum atomic E-state index is 12.9. The summed E-state index contributed by atoms with van der Waals surface area (Å²) in [6, 6.07) is 12.5. The second-order valence-corrected chi connectivity index (χ2v) is 9.17. The lowest BCUT2D eigenvalue weighted by Gasteiger charge is -2.34. The van der Waals surface area contributed by atoms with Gasteiger partial charge in [-0.1, -0.05) is 88.9 Å². The number of para-hydroxylation sites is 1. The van der Waals surface area contributed by atoms with Crippen LogP contribution in [0, 0.1) is 0 Å². The smallest absolute Gasteiger partial charge is 0.283 e. The molecule has 1 unspecified atom stereocenters. The van der Waals surface area contributed by atoms with Crippen LogP contribution in [0.2, 0.25) is 20.1 Å². The van der Waals surface area contributed by atoms with Crippen LogP contribution >= 0.6 is 46.4 Å². The van der Waals surface area contributed by atoms with Gasteiger partial charge in [-0.25, -0.2) is 0 Å². The fraction of sp³-hybridized carbons (Fsp3) is 0.0526. The van der Waals surface area contributed by atoms with Gasteiger partial charge in [-0.05, 0) is 17.7 Å². The van der Waals surface area contributed by atoms with E-state index in [-0.39, 0.29) is 26.2 Å². The summed E-state index contributed by atoms with van der Waals surface area (Å²) in [5, 5.41) is 20.4. The molecular formula is C19H12Cl4O5S. The van der Waals surface area contributed by atoms with Crippen molar-refractivity contribution in [3.05, 3.63) is 91.4 Å². The molecule has 0 saturated heterocycles. The number of phenolic OH excluding ortho intramolecular Hbond substituents is 2. The van der Waals surface area contributed by atoms with Crippen LogP contribution in [-0.2, 0) is 14.9 Å². The molecule has 0 saturated carbocycles. The van der Waals surface area contributed by atoms with E-state index in [2.05, 4.69) is 0 Å². The summed E-state index contributed by atoms with van der Waals surface area (Å²) in [4.78, 5) is 0. The second kappa shape index (κ2) is 7.87. The Morgan fingerprint density at radius 3 is 1.93 bits per heavy atom. The molecule has 0 aliphatic carbocycles. The molecule has 1 atom stereocenters. The van der Waals surface area contributed by atoms with Gasteiger partial charge < -0.3 is 10.2 Å². The summed E-state index contributed by atoms with van der Waals surface area (Å²) in [5.74, 6) is -1.35. The molecule has 3 N–H and O–H groups in total. The van der Waals surface area contributed by atoms with E-state index in [9.17, 15) is 23.2 Å². The zero-order chi connectivity index (χ0) is 21.6. The molecule has 5 nitrogen and oxygen atoms in total. The number of benzene rings is 3. The van der Waals surface area contributed by atoms with Crippen LogP contribution in [0.3, 0.4) is 0 Å². The Kier molecular flexibility index (Phi) is 5.98. The van der Waals surface area contributed by atoms with Gasteiger partial charge in [0.15, 0.2) is 4.75 Å². The van der Waals surface area contributed by atoms with E-state index in [1.165, 1.54) is 42.5 Å². The molecule has 29 heavy (non-hydrogen) atoms. The number of phenols is 2. The van der Waals surface area contributed by atoms with E-state index in [0.717, 1.165) is 6.07 Å². The Morgan fingerprint density at radius 2 is 1.34 bits per heavy atom. The quantitative estimate of drug-likeness (QED) is 0.239. The fourth-order valence-corrected chi connectivity index (χ4v) is 5.29. The third-order valence-corrected chi connectivity index (χ3v) is 7.46. The summed E-state index contributed by atoms with van der Waals surface area (Å²) >= 11 is 24.1. The Morgan fingerprint density at radius 1 is 0.724 bits per heavy atom. The zero-order valence-corrected chi connectivity index (χ0v) is 18.1. The molecule has 0 fully saturated rings. The van der Waals surface area contributed by atoms with Crippen molar-refractivity contribution in [2.45, 2.75) is 4.75 Å². The van der Waals surface area contributed by atoms with Gasteiger partial charge in [-0.15, -0.1) is 0 Å². The molecule has 152 valence electrons. The summed E-state index contributed by atoms with van der Waals surface area (Å²) in [5.41, 5.74) is -0.739. The normalized spacial score (nSPS) is 13.8. The molecule has 3 aromatic carbocycles. The first kappa shape index (κ1) is 22.0. The fourth-order valence-electron chi connectivity index (χ4n) is 3.21. The molecule has 0 amide bonds. The first-order valence-corrected chi connectivity index (χ1v) is 10.9. The number of halogens is 4. The lowest BCUT2D eigenvalue weighted by Crippen LogP contribution is -2.38. The SMILES string of the molecule is O=S(=O)(O)C(c1ccccc1)(c1cccc(Cl)c1O)c1cc(Cl)c(Cl)c(Cl)c1O. The van der Waals surface area contributed by atoms with Crippen molar-refractivity contribution in [2.75, 3.05) is 0 Å². The molecule has 3 rings (SSSR count). The lowest BCUT2D eigenvalue weighted by atomic mass is 9.83. The van der Waals surface area contributed by atoms with Crippen LogP contribution in [0.4, 0.5) is 0 Å². The molecule has 0 aliphatic heterocycles. The van der Waals surface area contributed by atoms with E-state index in [1.807, 2.05) is 0 Å². The van der Waals surface area contributed by atoms with Crippen molar-refractivity contribution in [2.24, 2.45) is 0 Å². The zero-order valence-electron chi connectivity index (χ0n) is 14.3. The van der Waals surface area contributed by atoms with Crippen LogP contribution in [0.1, 0.15) is 16.7 Å². The van der Waals surface area contributed by atoms with Crippen molar-refractivity contribution >= 4 is 56.5 Å². The first-order chi connectivity index (χ1) is 13.5. The highest BCUT2D eigenvalue weighted by molar-refractivity contribution is 7.87. The third-order valence-electron chi connectivity index (χ3n) is 4.45. The Labute approximate surface area is 186 Å². The van der Waals surface area contributed by atoms with E-state index in [4.69, 9.17) is 46.4 Å². The van der Waals surface area contributed by atoms with E-state index in [1.54, 1.807) is 6.07 Å². The van der Waals surface area contributed by atoms with Crippen LogP contribution in [-0.4, -0.2) is 23.2 Å². The van der Waals surface area contributed by atoms with E-state index < -0.39 is 37.0 Å². The monoisotopic (exact) mass is 492 g/mol. The van der Waals surface area contributed by atoms with Crippen LogP contribution < -0.4 is 0 Å². The van der Waals surface area contributed by atoms with Gasteiger partial charge >= 0.3 is 0 Å². The van der Waals surface area contributed by atoms with Gasteiger partial charge in [0.25, 0.3) is 10.1 Å². The standard InChI is InChI=1S/C19H12Cl4O5S/c20-13-8-4-7-11(17(13)24)19(29(26,27)28,10-5-2-1-3-6-10)12-9-14(21)15(22)16(23)18(12)25/h1-9,24-25H,(H,26,27,28). The van der Waals surface area contributed by atoms with E-state index in [0.29, 0.717) is 0 Å². The third kappa shape index (κ3) is 3.44. The maximum Gasteiger partial charge on any atom is 0.283 e. The molecular weight excluding hydrogens is 482 g/mol. The molecule has 0 spiro atoms. The molecule has 0 radical (unpaired) electrons. The highest BCUT2D eigenvalue weighted by Crippen LogP contribution is 2.54. The predicted molar refractivity (Wildman–Crippen MR) is 114 cm³/mol. The minimum Gasteiger partial charge on any atom is -0.506 e. The number of aromatic hydroxyl groups is 2. The van der Waals surface area contributed by atoms with Crippen molar-refractivity contribution in [3.8, 4) is 11.5 Å². The van der Waals surface area contributed by atoms with Crippen molar-refractivity contribution in [1.29, 1.82) is 0 Å². The lowest BCUT2D eigenvalue weighted by molar-refractivity contribution is 0.428. The van der Waals surface area contributed by atoms with E-state index >= 15 is 0 Å². The Balaban J connectivity index is 2.65. The average Bonchev–Trinajstić information content (AvgIpc) is 2.67. The maximum absolute atomic E-state index is 12.9. The van der Waals surface area contributed by atoms with Crippen molar-refractivity contribution in [1.82, 2.24) is 0 Å². The topological polar surface area (TPSA) is 94.8 Å². The first-order valence-electron chi connectivity index (χ1n) is 7.91. The molecule has 10 heteroatoms. The van der Waals surface area contributed by atoms with Crippen molar-refractivity contribution in [3.63, 3.8) is 0 Å². The minimum absolute atomic E-state index is 0.00942.